The molecule has 5 nitrogen and oxygen atoms in total. The van der Waals surface area contributed by atoms with Crippen molar-refractivity contribution in [1.82, 2.24) is 14.8 Å². The number of piperazine rings is 1. The Labute approximate surface area is 174 Å². The van der Waals surface area contributed by atoms with Crippen molar-refractivity contribution in [3.8, 4) is 11.1 Å². The van der Waals surface area contributed by atoms with E-state index in [1.807, 2.05) is 36.5 Å². The van der Waals surface area contributed by atoms with E-state index in [0.29, 0.717) is 31.2 Å². The molecule has 1 aliphatic rings. The van der Waals surface area contributed by atoms with Crippen LogP contribution in [0.3, 0.4) is 0 Å². The Balaban J connectivity index is 1.57. The van der Waals surface area contributed by atoms with E-state index in [4.69, 9.17) is 11.6 Å². The maximum atomic E-state index is 12.6. The first-order valence-corrected chi connectivity index (χ1v) is 9.91. The van der Waals surface area contributed by atoms with Gasteiger partial charge in [0.1, 0.15) is 0 Å². The number of benzene rings is 2. The average molecular weight is 407 g/mol. The fraction of sp³-hybridized carbons (Fsp3) is 0.217. The minimum atomic E-state index is -0.0667. The number of H-pyrrole nitrogens is 1. The number of carbonyl (C=O) groups excluding carboxylic acids is 2. The molecule has 1 aliphatic heterocycles. The number of fused-ring (bicyclic) bond motifs is 1. The molecule has 1 aromatic heterocycles. The van der Waals surface area contributed by atoms with Gasteiger partial charge in [-0.1, -0.05) is 35.9 Å². The zero-order valence-electron chi connectivity index (χ0n) is 16.1. The van der Waals surface area contributed by atoms with Crippen LogP contribution in [0.25, 0.3) is 28.1 Å². The Morgan fingerprint density at radius 2 is 1.86 bits per heavy atom. The number of aromatic amines is 1. The van der Waals surface area contributed by atoms with Crippen molar-refractivity contribution < 1.29 is 9.59 Å². The van der Waals surface area contributed by atoms with Gasteiger partial charge in [0.05, 0.1) is 5.02 Å². The van der Waals surface area contributed by atoms with Crippen LogP contribution in [0.1, 0.15) is 12.5 Å². The predicted octanol–water partition coefficient (Wildman–Crippen LogP) is 3.99. The lowest BCUT2D eigenvalue weighted by atomic mass is 9.98. The van der Waals surface area contributed by atoms with Gasteiger partial charge in [-0.3, -0.25) is 9.59 Å². The number of amides is 2. The van der Waals surface area contributed by atoms with Crippen molar-refractivity contribution in [3.05, 3.63) is 65.3 Å². The molecule has 0 aliphatic carbocycles. The third-order valence-electron chi connectivity index (χ3n) is 5.27. The standard InChI is InChI=1S/C23H21ClN3O2/c1-16(28)26-11-13-27(14-12-26)22(29)8-7-18-3-2-4-20(24)23(18)19-6-5-17-9-10-25-21(17)15-19/h2-3,5-10,15,25H,11-14H2,1H3/b8-7+. The maximum Gasteiger partial charge on any atom is 0.246 e. The van der Waals surface area contributed by atoms with E-state index < -0.39 is 0 Å². The average Bonchev–Trinajstić information content (AvgIpc) is 3.20. The highest BCUT2D eigenvalue weighted by atomic mass is 35.5. The summed E-state index contributed by atoms with van der Waals surface area (Å²) in [5.74, 6) is -0.0191. The molecule has 1 N–H and O–H groups in total. The molecule has 1 fully saturated rings. The van der Waals surface area contributed by atoms with Crippen LogP contribution in [0.4, 0.5) is 0 Å². The van der Waals surface area contributed by atoms with Gasteiger partial charge in [0, 0.05) is 62.5 Å². The van der Waals surface area contributed by atoms with Crippen molar-refractivity contribution >= 4 is 40.4 Å². The SMILES string of the molecule is CC(=O)N1CCN(C(=O)/C=C/c2cc[c]c(Cl)c2-c2ccc3cc[nH]c3c2)CC1. The Hall–Kier alpha value is -3.05. The van der Waals surface area contributed by atoms with Gasteiger partial charge in [0.25, 0.3) is 0 Å². The zero-order chi connectivity index (χ0) is 20.4. The third-order valence-corrected chi connectivity index (χ3v) is 5.57. The van der Waals surface area contributed by atoms with Crippen LogP contribution in [0.5, 0.6) is 0 Å². The predicted molar refractivity (Wildman–Crippen MR) is 115 cm³/mol. The largest absolute Gasteiger partial charge is 0.361 e. The first-order chi connectivity index (χ1) is 14.0. The molecule has 2 amide bonds. The summed E-state index contributed by atoms with van der Waals surface area (Å²) >= 11 is 6.47. The van der Waals surface area contributed by atoms with E-state index in [0.717, 1.165) is 27.6 Å². The molecule has 0 spiro atoms. The molecule has 4 rings (SSSR count). The van der Waals surface area contributed by atoms with Gasteiger partial charge >= 0.3 is 0 Å². The van der Waals surface area contributed by atoms with E-state index in [2.05, 4.69) is 11.1 Å². The van der Waals surface area contributed by atoms with Crippen molar-refractivity contribution in [2.75, 3.05) is 26.2 Å². The zero-order valence-corrected chi connectivity index (χ0v) is 16.9. The maximum absolute atomic E-state index is 12.6. The van der Waals surface area contributed by atoms with Gasteiger partial charge in [-0.05, 0) is 34.7 Å². The van der Waals surface area contributed by atoms with Crippen molar-refractivity contribution in [2.45, 2.75) is 6.92 Å². The third kappa shape index (κ3) is 4.05. The van der Waals surface area contributed by atoms with Gasteiger partial charge < -0.3 is 14.8 Å². The fourth-order valence-electron chi connectivity index (χ4n) is 3.63. The number of rotatable bonds is 3. The lowest BCUT2D eigenvalue weighted by molar-refractivity contribution is -0.135. The van der Waals surface area contributed by atoms with E-state index in [1.54, 1.807) is 34.9 Å². The quantitative estimate of drug-likeness (QED) is 0.668. The summed E-state index contributed by atoms with van der Waals surface area (Å²) in [6, 6.07) is 14.8. The summed E-state index contributed by atoms with van der Waals surface area (Å²) in [5, 5.41) is 1.64. The van der Waals surface area contributed by atoms with Crippen molar-refractivity contribution in [1.29, 1.82) is 0 Å². The number of nitrogens with zero attached hydrogens (tertiary/aromatic N) is 2. The van der Waals surface area contributed by atoms with E-state index in [1.165, 1.54) is 0 Å². The molecular formula is C23H21ClN3O2. The summed E-state index contributed by atoms with van der Waals surface area (Å²) in [7, 11) is 0. The minimum absolute atomic E-state index is 0.0477. The fourth-order valence-corrected chi connectivity index (χ4v) is 3.91. The van der Waals surface area contributed by atoms with Gasteiger partial charge in [-0.25, -0.2) is 0 Å². The number of hydrogen-bond acceptors (Lipinski definition) is 2. The van der Waals surface area contributed by atoms with Gasteiger partial charge in [0.15, 0.2) is 0 Å². The molecule has 0 saturated carbocycles. The number of carbonyl (C=O) groups is 2. The number of aromatic nitrogens is 1. The molecule has 1 radical (unpaired) electrons. The second-order valence-electron chi connectivity index (χ2n) is 7.07. The lowest BCUT2D eigenvalue weighted by Gasteiger charge is -2.33. The number of nitrogens with one attached hydrogen (secondary N) is 1. The molecule has 29 heavy (non-hydrogen) atoms. The summed E-state index contributed by atoms with van der Waals surface area (Å²) in [4.78, 5) is 30.8. The highest BCUT2D eigenvalue weighted by Gasteiger charge is 2.21. The molecule has 147 valence electrons. The topological polar surface area (TPSA) is 56.4 Å². The summed E-state index contributed by atoms with van der Waals surface area (Å²) < 4.78 is 0. The van der Waals surface area contributed by atoms with Crippen LogP contribution in [0, 0.1) is 6.07 Å². The van der Waals surface area contributed by atoms with Crippen LogP contribution in [0.2, 0.25) is 5.02 Å². The summed E-state index contributed by atoms with van der Waals surface area (Å²) in [5.41, 5.74) is 3.69. The van der Waals surface area contributed by atoms with Crippen LogP contribution < -0.4 is 0 Å². The number of hydrogen-bond donors (Lipinski definition) is 1. The summed E-state index contributed by atoms with van der Waals surface area (Å²) in [6.07, 6.45) is 5.28. The summed E-state index contributed by atoms with van der Waals surface area (Å²) in [6.45, 7) is 3.79. The Morgan fingerprint density at radius 3 is 2.62 bits per heavy atom. The highest BCUT2D eigenvalue weighted by molar-refractivity contribution is 6.33. The molecule has 3 aromatic rings. The Morgan fingerprint density at radius 1 is 1.10 bits per heavy atom. The Bertz CT molecular complexity index is 1090. The van der Waals surface area contributed by atoms with E-state index >= 15 is 0 Å². The number of halogens is 1. The van der Waals surface area contributed by atoms with E-state index in [9.17, 15) is 9.59 Å². The van der Waals surface area contributed by atoms with Crippen LogP contribution in [0.15, 0.2) is 48.7 Å². The molecule has 2 heterocycles. The molecule has 6 heteroatoms. The first kappa shape index (κ1) is 19.3. The molecule has 0 unspecified atom stereocenters. The van der Waals surface area contributed by atoms with Crippen LogP contribution >= 0.6 is 11.6 Å². The first-order valence-electron chi connectivity index (χ1n) is 9.53. The second kappa shape index (κ2) is 8.13. The minimum Gasteiger partial charge on any atom is -0.361 e. The van der Waals surface area contributed by atoms with E-state index in [-0.39, 0.29) is 11.8 Å². The molecule has 1 saturated heterocycles. The van der Waals surface area contributed by atoms with Crippen molar-refractivity contribution in [2.24, 2.45) is 0 Å². The van der Waals surface area contributed by atoms with Gasteiger partial charge in [0.2, 0.25) is 11.8 Å². The lowest BCUT2D eigenvalue weighted by Crippen LogP contribution is -2.49. The Kier molecular flexibility index (Phi) is 5.41. The molecule has 2 aromatic carbocycles. The van der Waals surface area contributed by atoms with Crippen LogP contribution in [-0.4, -0.2) is 52.8 Å². The van der Waals surface area contributed by atoms with Gasteiger partial charge in [-0.15, -0.1) is 0 Å². The van der Waals surface area contributed by atoms with Gasteiger partial charge in [-0.2, -0.15) is 0 Å². The van der Waals surface area contributed by atoms with Crippen LogP contribution in [-0.2, 0) is 9.59 Å². The molecule has 0 bridgehead atoms. The normalized spacial score (nSPS) is 14.7. The highest BCUT2D eigenvalue weighted by Crippen LogP contribution is 2.33. The molecular weight excluding hydrogens is 386 g/mol. The second-order valence-corrected chi connectivity index (χ2v) is 7.44. The smallest absolute Gasteiger partial charge is 0.246 e. The molecule has 0 atom stereocenters. The monoisotopic (exact) mass is 406 g/mol. The van der Waals surface area contributed by atoms with Crippen molar-refractivity contribution in [3.63, 3.8) is 0 Å².